The van der Waals surface area contributed by atoms with E-state index in [2.05, 4.69) is 0 Å². The number of carbonyl (C=O) groups excluding carboxylic acids is 1. The zero-order chi connectivity index (χ0) is 12.3. The number of ether oxygens (including phenoxy) is 1. The monoisotopic (exact) mass is 218 g/mol. The summed E-state index contributed by atoms with van der Waals surface area (Å²) in [5, 5.41) is 8.58. The van der Waals surface area contributed by atoms with Gasteiger partial charge in [-0.15, -0.1) is 0 Å². The molecule has 0 aliphatic carbocycles. The summed E-state index contributed by atoms with van der Waals surface area (Å²) in [6, 6.07) is 0. The van der Waals surface area contributed by atoms with Crippen molar-refractivity contribution in [2.75, 3.05) is 0 Å². The van der Waals surface area contributed by atoms with E-state index in [1.54, 1.807) is 20.8 Å². The van der Waals surface area contributed by atoms with E-state index in [4.69, 9.17) is 21.3 Å². The maximum atomic E-state index is 11.2. The van der Waals surface area contributed by atoms with E-state index < -0.39 is 23.2 Å². The van der Waals surface area contributed by atoms with E-state index in [1.165, 1.54) is 0 Å². The Kier molecular flexibility index (Phi) is 4.24. The molecule has 0 aromatic heterocycles. The van der Waals surface area contributed by atoms with Crippen LogP contribution in [0.25, 0.3) is 0 Å². The van der Waals surface area contributed by atoms with Crippen LogP contribution in [0.2, 0.25) is 0 Å². The SMILES string of the molecule is CC(C)(C)OC(=O)CCC(N)(N)C(=O)O. The molecule has 0 radical (unpaired) electrons. The van der Waals surface area contributed by atoms with E-state index in [9.17, 15) is 9.59 Å². The predicted molar refractivity (Wildman–Crippen MR) is 53.8 cm³/mol. The van der Waals surface area contributed by atoms with Gasteiger partial charge in [-0.3, -0.25) is 4.79 Å². The molecule has 0 fully saturated rings. The molecule has 0 bridgehead atoms. The molecule has 6 heteroatoms. The fourth-order valence-corrected chi connectivity index (χ4v) is 0.808. The van der Waals surface area contributed by atoms with Crippen molar-refractivity contribution in [1.29, 1.82) is 0 Å². The van der Waals surface area contributed by atoms with Crippen molar-refractivity contribution in [3.05, 3.63) is 0 Å². The summed E-state index contributed by atoms with van der Waals surface area (Å²) >= 11 is 0. The number of hydrogen-bond acceptors (Lipinski definition) is 5. The number of carbonyl (C=O) groups is 2. The molecule has 0 aromatic rings. The lowest BCUT2D eigenvalue weighted by atomic mass is 10.1. The molecule has 0 heterocycles. The molecule has 0 atom stereocenters. The molecule has 0 aliphatic rings. The summed E-state index contributed by atoms with van der Waals surface area (Å²) in [6.45, 7) is 5.17. The normalized spacial score (nSPS) is 12.3. The van der Waals surface area contributed by atoms with E-state index in [0.717, 1.165) is 0 Å². The number of aliphatic carboxylic acids is 1. The van der Waals surface area contributed by atoms with Crippen LogP contribution in [0.15, 0.2) is 0 Å². The van der Waals surface area contributed by atoms with Crippen LogP contribution in [0.4, 0.5) is 0 Å². The molecule has 0 amide bonds. The molecule has 6 nitrogen and oxygen atoms in total. The van der Waals surface area contributed by atoms with Gasteiger partial charge < -0.3 is 21.3 Å². The second-order valence-corrected chi connectivity index (χ2v) is 4.43. The van der Waals surface area contributed by atoms with Gasteiger partial charge in [-0.1, -0.05) is 0 Å². The van der Waals surface area contributed by atoms with Crippen LogP contribution < -0.4 is 11.5 Å². The number of hydrogen-bond donors (Lipinski definition) is 3. The van der Waals surface area contributed by atoms with Crippen LogP contribution in [0.3, 0.4) is 0 Å². The Bertz CT molecular complexity index is 255. The minimum atomic E-state index is -1.88. The molecule has 0 rings (SSSR count). The Morgan fingerprint density at radius 1 is 1.27 bits per heavy atom. The summed E-state index contributed by atoms with van der Waals surface area (Å²) in [7, 11) is 0. The average Bonchev–Trinajstić information content (AvgIpc) is 1.97. The number of nitrogens with two attached hydrogens (primary N) is 2. The molecule has 0 saturated heterocycles. The first-order valence-electron chi connectivity index (χ1n) is 4.57. The summed E-state index contributed by atoms with van der Waals surface area (Å²) in [4.78, 5) is 21.7. The predicted octanol–water partition coefficient (Wildman–Crippen LogP) is -0.193. The van der Waals surface area contributed by atoms with Gasteiger partial charge in [0.1, 0.15) is 5.60 Å². The summed E-state index contributed by atoms with van der Waals surface area (Å²) in [6.07, 6.45) is -0.270. The van der Waals surface area contributed by atoms with Crippen molar-refractivity contribution in [2.24, 2.45) is 11.5 Å². The Labute approximate surface area is 88.6 Å². The third-order valence-electron chi connectivity index (χ3n) is 1.56. The lowest BCUT2D eigenvalue weighted by Gasteiger charge is -2.22. The highest BCUT2D eigenvalue weighted by Gasteiger charge is 2.30. The molecule has 15 heavy (non-hydrogen) atoms. The zero-order valence-corrected chi connectivity index (χ0v) is 9.24. The smallest absolute Gasteiger partial charge is 0.338 e. The molecule has 0 unspecified atom stereocenters. The van der Waals surface area contributed by atoms with E-state index in [-0.39, 0.29) is 12.8 Å². The topological polar surface area (TPSA) is 116 Å². The summed E-state index contributed by atoms with van der Waals surface area (Å²) < 4.78 is 4.97. The van der Waals surface area contributed by atoms with Gasteiger partial charge in [-0.25, -0.2) is 4.79 Å². The van der Waals surface area contributed by atoms with Crippen molar-refractivity contribution in [1.82, 2.24) is 0 Å². The lowest BCUT2D eigenvalue weighted by Crippen LogP contribution is -2.56. The molecular weight excluding hydrogens is 200 g/mol. The van der Waals surface area contributed by atoms with Gasteiger partial charge in [0, 0.05) is 6.42 Å². The number of esters is 1. The molecule has 0 spiro atoms. The van der Waals surface area contributed by atoms with Crippen LogP contribution in [-0.4, -0.2) is 28.3 Å². The van der Waals surface area contributed by atoms with Crippen LogP contribution in [-0.2, 0) is 14.3 Å². The second-order valence-electron chi connectivity index (χ2n) is 4.43. The van der Waals surface area contributed by atoms with Crippen LogP contribution >= 0.6 is 0 Å². The highest BCUT2D eigenvalue weighted by molar-refractivity contribution is 5.79. The Morgan fingerprint density at radius 3 is 2.07 bits per heavy atom. The summed E-state index contributed by atoms with van der Waals surface area (Å²) in [5.74, 6) is -1.85. The quantitative estimate of drug-likeness (QED) is 0.445. The van der Waals surface area contributed by atoms with Crippen LogP contribution in [0.1, 0.15) is 33.6 Å². The van der Waals surface area contributed by atoms with E-state index in [1.807, 2.05) is 0 Å². The maximum Gasteiger partial charge on any atom is 0.338 e. The van der Waals surface area contributed by atoms with E-state index in [0.29, 0.717) is 0 Å². The highest BCUT2D eigenvalue weighted by atomic mass is 16.6. The van der Waals surface area contributed by atoms with Gasteiger partial charge in [0.15, 0.2) is 5.66 Å². The molecular formula is C9H18N2O4. The van der Waals surface area contributed by atoms with Gasteiger partial charge in [0.05, 0.1) is 0 Å². The first kappa shape index (κ1) is 13.9. The number of carboxylic acid groups (broad SMARTS) is 1. The first-order chi connectivity index (χ1) is 6.54. The van der Waals surface area contributed by atoms with Gasteiger partial charge in [-0.05, 0) is 27.2 Å². The minimum Gasteiger partial charge on any atom is -0.479 e. The minimum absolute atomic E-state index is 0.115. The fourth-order valence-electron chi connectivity index (χ4n) is 0.808. The molecule has 5 N–H and O–H groups in total. The molecule has 0 aliphatic heterocycles. The average molecular weight is 218 g/mol. The maximum absolute atomic E-state index is 11.2. The Morgan fingerprint density at radius 2 is 1.73 bits per heavy atom. The third kappa shape index (κ3) is 6.03. The van der Waals surface area contributed by atoms with Gasteiger partial charge in [0.25, 0.3) is 0 Å². The molecule has 0 aromatic carbocycles. The van der Waals surface area contributed by atoms with E-state index >= 15 is 0 Å². The van der Waals surface area contributed by atoms with Gasteiger partial charge in [0.2, 0.25) is 0 Å². The zero-order valence-electron chi connectivity index (χ0n) is 9.24. The van der Waals surface area contributed by atoms with Gasteiger partial charge >= 0.3 is 11.9 Å². The molecule has 88 valence electrons. The van der Waals surface area contributed by atoms with Crippen LogP contribution in [0.5, 0.6) is 0 Å². The van der Waals surface area contributed by atoms with Crippen molar-refractivity contribution >= 4 is 11.9 Å². The highest BCUT2D eigenvalue weighted by Crippen LogP contribution is 2.11. The van der Waals surface area contributed by atoms with Crippen molar-refractivity contribution in [2.45, 2.75) is 44.9 Å². The third-order valence-corrected chi connectivity index (χ3v) is 1.56. The molecule has 0 saturated carbocycles. The Balaban J connectivity index is 4.07. The first-order valence-corrected chi connectivity index (χ1v) is 4.57. The van der Waals surface area contributed by atoms with Crippen LogP contribution in [0, 0.1) is 0 Å². The lowest BCUT2D eigenvalue weighted by molar-refractivity contribution is -0.155. The fraction of sp³-hybridized carbons (Fsp3) is 0.778. The van der Waals surface area contributed by atoms with Crippen molar-refractivity contribution < 1.29 is 19.4 Å². The number of rotatable bonds is 4. The Hall–Kier alpha value is -1.14. The van der Waals surface area contributed by atoms with Gasteiger partial charge in [-0.2, -0.15) is 0 Å². The largest absolute Gasteiger partial charge is 0.479 e. The van der Waals surface area contributed by atoms with Crippen molar-refractivity contribution in [3.63, 3.8) is 0 Å². The summed E-state index contributed by atoms with van der Waals surface area (Å²) in [5.41, 5.74) is 8.01. The standard InChI is InChI=1S/C9H18N2O4/c1-8(2,3)15-6(12)4-5-9(10,11)7(13)14/h4-5,10-11H2,1-3H3,(H,13,14). The number of carboxylic acids is 1. The van der Waals surface area contributed by atoms with Crippen molar-refractivity contribution in [3.8, 4) is 0 Å². The second kappa shape index (κ2) is 4.59.